The highest BCUT2D eigenvalue weighted by Gasteiger charge is 2.10. The van der Waals surface area contributed by atoms with E-state index in [9.17, 15) is 0 Å². The quantitative estimate of drug-likeness (QED) is 0.534. The van der Waals surface area contributed by atoms with Gasteiger partial charge in [-0.05, 0) is 24.3 Å². The third kappa shape index (κ3) is 2.82. The zero-order valence-corrected chi connectivity index (χ0v) is 12.2. The van der Waals surface area contributed by atoms with Crippen molar-refractivity contribution >= 4 is 34.2 Å². The molecule has 0 atom stereocenters. The molecule has 112 valence electrons. The van der Waals surface area contributed by atoms with E-state index in [1.54, 1.807) is 6.20 Å². The molecule has 0 aliphatic heterocycles. The molecule has 6 nitrogen and oxygen atoms in total. The van der Waals surface area contributed by atoms with Gasteiger partial charge in [0.2, 0.25) is 5.95 Å². The average molecular weight is 302 g/mol. The second-order valence-corrected chi connectivity index (χ2v) is 5.01. The van der Waals surface area contributed by atoms with Gasteiger partial charge in [0, 0.05) is 11.4 Å². The van der Waals surface area contributed by atoms with Crippen molar-refractivity contribution in [1.29, 1.82) is 0 Å². The van der Waals surface area contributed by atoms with Gasteiger partial charge < -0.3 is 10.6 Å². The number of fused-ring (bicyclic) bond motifs is 1. The summed E-state index contributed by atoms with van der Waals surface area (Å²) in [6.45, 7) is 0. The lowest BCUT2D eigenvalue weighted by Gasteiger charge is -2.09. The number of para-hydroxylation sites is 2. The summed E-state index contributed by atoms with van der Waals surface area (Å²) in [4.78, 5) is 9.02. The first kappa shape index (κ1) is 13.3. The summed E-state index contributed by atoms with van der Waals surface area (Å²) in [5, 5.41) is 14.3. The van der Waals surface area contributed by atoms with Gasteiger partial charge in [0.15, 0.2) is 5.65 Å². The van der Waals surface area contributed by atoms with E-state index in [1.807, 2.05) is 60.7 Å². The first-order valence-corrected chi connectivity index (χ1v) is 7.24. The molecule has 4 rings (SSSR count). The molecule has 0 spiro atoms. The van der Waals surface area contributed by atoms with Crippen molar-refractivity contribution in [2.75, 3.05) is 10.6 Å². The highest BCUT2D eigenvalue weighted by Crippen LogP contribution is 2.24. The molecule has 0 amide bonds. The fourth-order valence-electron chi connectivity index (χ4n) is 2.29. The summed E-state index contributed by atoms with van der Waals surface area (Å²) >= 11 is 0. The lowest BCUT2D eigenvalue weighted by Crippen LogP contribution is -2.01. The number of anilines is 4. The molecule has 0 fully saturated rings. The molecule has 0 aliphatic rings. The Balaban J connectivity index is 1.72. The third-order valence-electron chi connectivity index (χ3n) is 3.38. The molecule has 23 heavy (non-hydrogen) atoms. The lowest BCUT2D eigenvalue weighted by atomic mass is 10.3. The van der Waals surface area contributed by atoms with Crippen LogP contribution in [0.15, 0.2) is 66.9 Å². The summed E-state index contributed by atoms with van der Waals surface area (Å²) in [5.74, 6) is 1.21. The smallest absolute Gasteiger partial charge is 0.231 e. The van der Waals surface area contributed by atoms with E-state index in [0.29, 0.717) is 17.4 Å². The molecule has 0 saturated carbocycles. The minimum absolute atomic E-state index is 0.506. The van der Waals surface area contributed by atoms with E-state index in [4.69, 9.17) is 0 Å². The molecule has 4 aromatic rings. The van der Waals surface area contributed by atoms with Gasteiger partial charge in [-0.15, -0.1) is 0 Å². The van der Waals surface area contributed by atoms with Gasteiger partial charge in [0.05, 0.1) is 11.6 Å². The fraction of sp³-hybridized carbons (Fsp3) is 0. The number of aromatic nitrogens is 4. The Bertz CT molecular complexity index is 918. The molecule has 2 aromatic carbocycles. The normalized spacial score (nSPS) is 10.6. The van der Waals surface area contributed by atoms with Gasteiger partial charge in [-0.1, -0.05) is 36.4 Å². The predicted octanol–water partition coefficient (Wildman–Crippen LogP) is 3.84. The summed E-state index contributed by atoms with van der Waals surface area (Å²) in [6.07, 6.45) is 1.72. The zero-order valence-electron chi connectivity index (χ0n) is 12.2. The van der Waals surface area contributed by atoms with E-state index in [-0.39, 0.29) is 0 Å². The summed E-state index contributed by atoms with van der Waals surface area (Å²) < 4.78 is 0. The monoisotopic (exact) mass is 302 g/mol. The fourth-order valence-corrected chi connectivity index (χ4v) is 2.29. The zero-order chi connectivity index (χ0) is 15.5. The van der Waals surface area contributed by atoms with Crippen molar-refractivity contribution in [2.24, 2.45) is 0 Å². The Morgan fingerprint density at radius 2 is 1.39 bits per heavy atom. The Morgan fingerprint density at radius 3 is 2.09 bits per heavy atom. The van der Waals surface area contributed by atoms with E-state index >= 15 is 0 Å². The molecule has 0 bridgehead atoms. The van der Waals surface area contributed by atoms with Crippen molar-refractivity contribution in [2.45, 2.75) is 0 Å². The molecular formula is C17H14N6. The van der Waals surface area contributed by atoms with Gasteiger partial charge >= 0.3 is 0 Å². The first-order valence-electron chi connectivity index (χ1n) is 7.24. The van der Waals surface area contributed by atoms with Gasteiger partial charge in [0.1, 0.15) is 5.82 Å². The predicted molar refractivity (Wildman–Crippen MR) is 91.1 cm³/mol. The Labute approximate surface area is 132 Å². The largest absolute Gasteiger partial charge is 0.339 e. The molecule has 3 N–H and O–H groups in total. The standard InChI is InChI=1S/C17H14N6/c1-3-7-12(8-4-1)19-15-14-11-18-23-16(14)22-17(21-15)20-13-9-5-2-6-10-13/h1-11H,(H3,18,19,20,21,22,23). The Kier molecular flexibility index (Phi) is 3.32. The highest BCUT2D eigenvalue weighted by molar-refractivity contribution is 5.89. The lowest BCUT2D eigenvalue weighted by molar-refractivity contribution is 1.09. The minimum atomic E-state index is 0.506. The Hall–Kier alpha value is -3.41. The molecule has 2 heterocycles. The van der Waals surface area contributed by atoms with Crippen molar-refractivity contribution < 1.29 is 0 Å². The second kappa shape index (κ2) is 5.76. The van der Waals surface area contributed by atoms with Crippen LogP contribution in [0.25, 0.3) is 11.0 Å². The Morgan fingerprint density at radius 1 is 0.739 bits per heavy atom. The highest BCUT2D eigenvalue weighted by atomic mass is 15.2. The van der Waals surface area contributed by atoms with Crippen molar-refractivity contribution in [3.05, 3.63) is 66.9 Å². The van der Waals surface area contributed by atoms with Crippen LogP contribution in [0.4, 0.5) is 23.1 Å². The molecule has 0 unspecified atom stereocenters. The maximum atomic E-state index is 4.57. The van der Waals surface area contributed by atoms with Gasteiger partial charge in [-0.25, -0.2) is 0 Å². The second-order valence-electron chi connectivity index (χ2n) is 5.01. The van der Waals surface area contributed by atoms with Gasteiger partial charge in [0.25, 0.3) is 0 Å². The summed E-state index contributed by atoms with van der Waals surface area (Å²) in [6, 6.07) is 19.7. The number of nitrogens with zero attached hydrogens (tertiary/aromatic N) is 3. The number of rotatable bonds is 4. The van der Waals surface area contributed by atoms with Crippen molar-refractivity contribution in [3.8, 4) is 0 Å². The topological polar surface area (TPSA) is 78.5 Å². The van der Waals surface area contributed by atoms with Crippen LogP contribution in [0.3, 0.4) is 0 Å². The SMILES string of the molecule is c1ccc(Nc2nc(Nc3ccccc3)c3cn[nH]c3n2)cc1. The number of H-pyrrole nitrogens is 1. The molecule has 6 heteroatoms. The molecule has 2 aromatic heterocycles. The first-order chi connectivity index (χ1) is 11.4. The van der Waals surface area contributed by atoms with Crippen LogP contribution in [0.1, 0.15) is 0 Å². The van der Waals surface area contributed by atoms with Gasteiger partial charge in [-0.2, -0.15) is 15.1 Å². The molecular weight excluding hydrogens is 288 g/mol. The number of nitrogens with one attached hydrogen (secondary N) is 3. The van der Waals surface area contributed by atoms with Crippen molar-refractivity contribution in [3.63, 3.8) is 0 Å². The molecule has 0 radical (unpaired) electrons. The van der Waals surface area contributed by atoms with Crippen LogP contribution < -0.4 is 10.6 Å². The van der Waals surface area contributed by atoms with E-state index in [2.05, 4.69) is 30.8 Å². The van der Waals surface area contributed by atoms with Crippen LogP contribution in [-0.2, 0) is 0 Å². The average Bonchev–Trinajstić information content (AvgIpc) is 3.05. The van der Waals surface area contributed by atoms with Crippen LogP contribution >= 0.6 is 0 Å². The maximum Gasteiger partial charge on any atom is 0.231 e. The number of hydrogen-bond donors (Lipinski definition) is 3. The minimum Gasteiger partial charge on any atom is -0.339 e. The third-order valence-corrected chi connectivity index (χ3v) is 3.38. The van der Waals surface area contributed by atoms with E-state index in [1.165, 1.54) is 0 Å². The number of benzene rings is 2. The maximum absolute atomic E-state index is 4.57. The van der Waals surface area contributed by atoms with Crippen LogP contribution in [0.2, 0.25) is 0 Å². The molecule has 0 saturated heterocycles. The van der Waals surface area contributed by atoms with Gasteiger partial charge in [-0.3, -0.25) is 5.10 Å². The van der Waals surface area contributed by atoms with Crippen LogP contribution in [0, 0.1) is 0 Å². The summed E-state index contributed by atoms with van der Waals surface area (Å²) in [5.41, 5.74) is 2.56. The number of aromatic amines is 1. The van der Waals surface area contributed by atoms with E-state index in [0.717, 1.165) is 16.8 Å². The molecule has 0 aliphatic carbocycles. The van der Waals surface area contributed by atoms with E-state index < -0.39 is 0 Å². The summed E-state index contributed by atoms with van der Waals surface area (Å²) in [7, 11) is 0. The van der Waals surface area contributed by atoms with Crippen LogP contribution in [0.5, 0.6) is 0 Å². The number of hydrogen-bond acceptors (Lipinski definition) is 5. The van der Waals surface area contributed by atoms with Crippen molar-refractivity contribution in [1.82, 2.24) is 20.2 Å². The van der Waals surface area contributed by atoms with Crippen LogP contribution in [-0.4, -0.2) is 20.2 Å².